The molecular formula is C23H40O4. The minimum Gasteiger partial charge on any atom is -0.460 e. The van der Waals surface area contributed by atoms with E-state index in [1.54, 1.807) is 0 Å². The second kappa shape index (κ2) is 19.3. The average molecular weight is 381 g/mol. The lowest BCUT2D eigenvalue weighted by atomic mass is 10.0. The minimum absolute atomic E-state index is 0.0565. The molecule has 0 bridgehead atoms. The first-order chi connectivity index (χ1) is 13.1. The summed E-state index contributed by atoms with van der Waals surface area (Å²) < 4.78 is 4.88. The predicted octanol–water partition coefficient (Wildman–Crippen LogP) is 5.68. The first-order valence-electron chi connectivity index (χ1n) is 10.7. The van der Waals surface area contributed by atoms with Crippen LogP contribution in [0, 0.1) is 0 Å². The summed E-state index contributed by atoms with van der Waals surface area (Å²) in [6.07, 6.45) is 21.7. The van der Waals surface area contributed by atoms with E-state index in [2.05, 4.69) is 31.2 Å². The number of carbonyl (C=O) groups is 2. The molecule has 0 aromatic heterocycles. The summed E-state index contributed by atoms with van der Waals surface area (Å²) in [7, 11) is 0. The molecule has 0 amide bonds. The quantitative estimate of drug-likeness (QED) is 0.189. The Kier molecular flexibility index (Phi) is 18.3. The van der Waals surface area contributed by atoms with Crippen molar-refractivity contribution >= 4 is 11.8 Å². The van der Waals surface area contributed by atoms with Crippen molar-refractivity contribution in [2.45, 2.75) is 103 Å². The summed E-state index contributed by atoms with van der Waals surface area (Å²) in [6.45, 7) is 3.22. The van der Waals surface area contributed by atoms with Crippen molar-refractivity contribution in [2.75, 3.05) is 6.61 Å². The number of allylic oxidation sites excluding steroid dienone is 4. The highest BCUT2D eigenvalue weighted by Gasteiger charge is 2.15. The summed E-state index contributed by atoms with van der Waals surface area (Å²) in [5.41, 5.74) is 0. The highest BCUT2D eigenvalue weighted by Crippen LogP contribution is 2.10. The van der Waals surface area contributed by atoms with Gasteiger partial charge in [0, 0.05) is 19.8 Å². The molecule has 0 saturated heterocycles. The number of Topliss-reactive ketones (excluding diaryl/α,β-unsaturated/α-hetero) is 1. The van der Waals surface area contributed by atoms with Gasteiger partial charge < -0.3 is 9.84 Å². The molecule has 0 spiro atoms. The number of carbonyl (C=O) groups excluding carboxylic acids is 2. The lowest BCUT2D eigenvalue weighted by molar-refractivity contribution is -0.149. The zero-order valence-electron chi connectivity index (χ0n) is 17.5. The van der Waals surface area contributed by atoms with E-state index >= 15 is 0 Å². The second-order valence-electron chi connectivity index (χ2n) is 7.14. The van der Waals surface area contributed by atoms with Gasteiger partial charge in [-0.3, -0.25) is 9.59 Å². The van der Waals surface area contributed by atoms with Gasteiger partial charge in [-0.1, -0.05) is 63.3 Å². The van der Waals surface area contributed by atoms with E-state index in [4.69, 9.17) is 9.84 Å². The number of hydrogen-bond acceptors (Lipinski definition) is 4. The van der Waals surface area contributed by atoms with E-state index in [-0.39, 0.29) is 18.8 Å². The number of ether oxygens (including phenoxy) is 1. The Hall–Kier alpha value is -1.42. The van der Waals surface area contributed by atoms with E-state index in [1.165, 1.54) is 45.4 Å². The van der Waals surface area contributed by atoms with Crippen LogP contribution in [0.3, 0.4) is 0 Å². The molecule has 1 N–H and O–H groups in total. The fourth-order valence-electron chi connectivity index (χ4n) is 2.87. The Morgan fingerprint density at radius 1 is 0.889 bits per heavy atom. The third kappa shape index (κ3) is 19.2. The number of rotatable bonds is 18. The lowest BCUT2D eigenvalue weighted by Gasteiger charge is -2.13. The maximum absolute atomic E-state index is 11.8. The van der Waals surface area contributed by atoms with Crippen LogP contribution in [-0.4, -0.2) is 29.6 Å². The molecule has 0 aliphatic heterocycles. The summed E-state index contributed by atoms with van der Waals surface area (Å²) in [4.78, 5) is 22.7. The standard InChI is InChI=1S/C23H40O4/c1-3-4-5-6-7-8-9-10-11-12-13-14-15-16-17-18-22(26)19-23(20-24)27-21(2)25/h7-8,10-11,23-24H,3-6,9,12-20H2,1-2H3. The van der Waals surface area contributed by atoms with Crippen LogP contribution in [0.1, 0.15) is 97.3 Å². The molecule has 0 aliphatic rings. The fourth-order valence-corrected chi connectivity index (χ4v) is 2.87. The minimum atomic E-state index is -0.687. The molecule has 4 nitrogen and oxygen atoms in total. The van der Waals surface area contributed by atoms with Crippen molar-refractivity contribution in [2.24, 2.45) is 0 Å². The molecule has 27 heavy (non-hydrogen) atoms. The van der Waals surface area contributed by atoms with Gasteiger partial charge >= 0.3 is 5.97 Å². The molecule has 0 radical (unpaired) electrons. The third-order valence-electron chi connectivity index (χ3n) is 4.40. The second-order valence-corrected chi connectivity index (χ2v) is 7.14. The number of hydrogen-bond donors (Lipinski definition) is 1. The van der Waals surface area contributed by atoms with E-state index in [9.17, 15) is 9.59 Å². The van der Waals surface area contributed by atoms with Gasteiger partial charge in [-0.15, -0.1) is 0 Å². The lowest BCUT2D eigenvalue weighted by Crippen LogP contribution is -2.23. The summed E-state index contributed by atoms with van der Waals surface area (Å²) in [5, 5.41) is 9.09. The first-order valence-corrected chi connectivity index (χ1v) is 10.7. The molecule has 0 aliphatic carbocycles. The molecule has 1 unspecified atom stereocenters. The summed E-state index contributed by atoms with van der Waals surface area (Å²) >= 11 is 0. The molecule has 0 fully saturated rings. The van der Waals surface area contributed by atoms with Crippen molar-refractivity contribution in [1.29, 1.82) is 0 Å². The van der Waals surface area contributed by atoms with Crippen LogP contribution in [0.2, 0.25) is 0 Å². The van der Waals surface area contributed by atoms with Gasteiger partial charge in [0.15, 0.2) is 0 Å². The summed E-state index contributed by atoms with van der Waals surface area (Å²) in [6, 6.07) is 0. The van der Waals surface area contributed by atoms with Gasteiger partial charge in [0.2, 0.25) is 0 Å². The van der Waals surface area contributed by atoms with Crippen LogP contribution in [0.4, 0.5) is 0 Å². The monoisotopic (exact) mass is 380 g/mol. The average Bonchev–Trinajstić information content (AvgIpc) is 2.64. The van der Waals surface area contributed by atoms with Crippen molar-refractivity contribution < 1.29 is 19.4 Å². The predicted molar refractivity (Wildman–Crippen MR) is 112 cm³/mol. The highest BCUT2D eigenvalue weighted by atomic mass is 16.5. The normalized spacial score (nSPS) is 12.7. The number of aliphatic hydroxyl groups is 1. The Balaban J connectivity index is 3.47. The summed E-state index contributed by atoms with van der Waals surface area (Å²) in [5.74, 6) is -0.403. The van der Waals surface area contributed by atoms with Crippen LogP contribution >= 0.6 is 0 Å². The largest absolute Gasteiger partial charge is 0.460 e. The van der Waals surface area contributed by atoms with Gasteiger partial charge in [0.05, 0.1) is 6.61 Å². The topological polar surface area (TPSA) is 63.6 Å². The Morgan fingerprint density at radius 2 is 1.48 bits per heavy atom. The molecule has 1 atom stereocenters. The number of esters is 1. The van der Waals surface area contributed by atoms with Crippen LogP contribution in [0.5, 0.6) is 0 Å². The molecule has 0 saturated carbocycles. The SMILES string of the molecule is CCCCCC=CCC=CCCCCCCCC(=O)CC(CO)OC(C)=O. The smallest absolute Gasteiger partial charge is 0.302 e. The Bertz CT molecular complexity index is 426. The maximum Gasteiger partial charge on any atom is 0.302 e. The number of unbranched alkanes of at least 4 members (excludes halogenated alkanes) is 8. The Labute approximate surface area is 166 Å². The zero-order valence-corrected chi connectivity index (χ0v) is 17.5. The van der Waals surface area contributed by atoms with E-state index in [1.807, 2.05) is 0 Å². The van der Waals surface area contributed by atoms with Crippen molar-refractivity contribution in [3.63, 3.8) is 0 Å². The van der Waals surface area contributed by atoms with Crippen LogP contribution < -0.4 is 0 Å². The van der Waals surface area contributed by atoms with E-state index < -0.39 is 12.1 Å². The van der Waals surface area contributed by atoms with Gasteiger partial charge in [-0.2, -0.15) is 0 Å². The van der Waals surface area contributed by atoms with Gasteiger partial charge in [0.1, 0.15) is 11.9 Å². The highest BCUT2D eigenvalue weighted by molar-refractivity contribution is 5.79. The van der Waals surface area contributed by atoms with E-state index in [0.29, 0.717) is 6.42 Å². The molecular weight excluding hydrogens is 340 g/mol. The third-order valence-corrected chi connectivity index (χ3v) is 4.40. The molecule has 0 aromatic carbocycles. The molecule has 4 heteroatoms. The van der Waals surface area contributed by atoms with Crippen LogP contribution in [0.15, 0.2) is 24.3 Å². The van der Waals surface area contributed by atoms with Crippen LogP contribution in [0.25, 0.3) is 0 Å². The first kappa shape index (κ1) is 25.6. The van der Waals surface area contributed by atoms with Crippen molar-refractivity contribution in [3.8, 4) is 0 Å². The molecule has 0 heterocycles. The zero-order chi connectivity index (χ0) is 20.2. The number of aliphatic hydroxyl groups excluding tert-OH is 1. The van der Waals surface area contributed by atoms with Gasteiger partial charge in [-0.05, 0) is 38.5 Å². The maximum atomic E-state index is 11.8. The molecule has 0 rings (SSSR count). The van der Waals surface area contributed by atoms with Gasteiger partial charge in [0.25, 0.3) is 0 Å². The molecule has 0 aromatic rings. The fraction of sp³-hybridized carbons (Fsp3) is 0.739. The van der Waals surface area contributed by atoms with Crippen molar-refractivity contribution in [1.82, 2.24) is 0 Å². The van der Waals surface area contributed by atoms with E-state index in [0.717, 1.165) is 32.1 Å². The molecule has 156 valence electrons. The number of ketones is 1. The van der Waals surface area contributed by atoms with Crippen LogP contribution in [-0.2, 0) is 14.3 Å². The Morgan fingerprint density at radius 3 is 2.07 bits per heavy atom. The van der Waals surface area contributed by atoms with Gasteiger partial charge in [-0.25, -0.2) is 0 Å². The van der Waals surface area contributed by atoms with Crippen molar-refractivity contribution in [3.05, 3.63) is 24.3 Å².